The van der Waals surface area contributed by atoms with Crippen molar-refractivity contribution in [3.63, 3.8) is 0 Å². The van der Waals surface area contributed by atoms with Gasteiger partial charge in [-0.3, -0.25) is 4.79 Å². The monoisotopic (exact) mass is 251 g/mol. The van der Waals surface area contributed by atoms with Crippen LogP contribution in [0, 0.1) is 6.92 Å². The van der Waals surface area contributed by atoms with Gasteiger partial charge in [0.2, 0.25) is 0 Å². The predicted molar refractivity (Wildman–Crippen MR) is 70.6 cm³/mol. The maximum Gasteiger partial charge on any atom is 0.307 e. The van der Waals surface area contributed by atoms with Gasteiger partial charge in [0.25, 0.3) is 0 Å². The third-order valence-electron chi connectivity index (χ3n) is 2.33. The predicted octanol–water partition coefficient (Wildman–Crippen LogP) is 2.27. The molecular formula is C13H21N3O2. The Balaban J connectivity index is 2.54. The fourth-order valence-corrected chi connectivity index (χ4v) is 1.47. The Hall–Kier alpha value is -1.65. The van der Waals surface area contributed by atoms with Crippen LogP contribution in [0.25, 0.3) is 0 Å². The van der Waals surface area contributed by atoms with E-state index in [4.69, 9.17) is 4.74 Å². The number of nitrogens with one attached hydrogen (secondary N) is 1. The van der Waals surface area contributed by atoms with Crippen LogP contribution in [0.4, 0.5) is 5.82 Å². The molecule has 0 aliphatic heterocycles. The molecule has 5 nitrogen and oxygen atoms in total. The lowest BCUT2D eigenvalue weighted by atomic mass is 10.2. The number of aromatic nitrogens is 2. The number of hydrogen-bond acceptors (Lipinski definition) is 5. The third kappa shape index (κ3) is 4.69. The number of hydrogen-bond donors (Lipinski definition) is 1. The van der Waals surface area contributed by atoms with E-state index < -0.39 is 0 Å². The Morgan fingerprint density at radius 1 is 1.44 bits per heavy atom. The van der Waals surface area contributed by atoms with Crippen molar-refractivity contribution in [3.05, 3.63) is 17.6 Å². The van der Waals surface area contributed by atoms with Gasteiger partial charge in [0, 0.05) is 24.2 Å². The number of anilines is 1. The van der Waals surface area contributed by atoms with E-state index in [1.165, 1.54) is 0 Å². The summed E-state index contributed by atoms with van der Waals surface area (Å²) < 4.78 is 4.85. The van der Waals surface area contributed by atoms with Crippen molar-refractivity contribution in [1.29, 1.82) is 0 Å². The number of aryl methyl sites for hydroxylation is 1. The topological polar surface area (TPSA) is 64.1 Å². The minimum atomic E-state index is -0.195. The highest BCUT2D eigenvalue weighted by Gasteiger charge is 2.06. The van der Waals surface area contributed by atoms with E-state index in [-0.39, 0.29) is 11.9 Å². The number of nitrogens with zero attached hydrogens (tertiary/aromatic N) is 2. The molecule has 0 aliphatic rings. The van der Waals surface area contributed by atoms with Crippen molar-refractivity contribution in [2.75, 3.05) is 18.5 Å². The summed E-state index contributed by atoms with van der Waals surface area (Å²) in [7, 11) is 0. The molecule has 1 heterocycles. The van der Waals surface area contributed by atoms with E-state index in [1.54, 1.807) is 6.92 Å². The molecule has 0 atom stereocenters. The quantitative estimate of drug-likeness (QED) is 0.786. The highest BCUT2D eigenvalue weighted by molar-refractivity contribution is 5.69. The first-order chi connectivity index (χ1) is 8.52. The number of esters is 1. The van der Waals surface area contributed by atoms with Gasteiger partial charge in [0.05, 0.1) is 13.0 Å². The number of carbonyl (C=O) groups is 1. The molecule has 100 valence electrons. The van der Waals surface area contributed by atoms with Gasteiger partial charge < -0.3 is 10.1 Å². The molecule has 0 saturated heterocycles. The molecule has 1 aromatic rings. The molecule has 0 aliphatic carbocycles. The van der Waals surface area contributed by atoms with Crippen molar-refractivity contribution in [2.24, 2.45) is 0 Å². The lowest BCUT2D eigenvalue weighted by Crippen LogP contribution is -2.13. The highest BCUT2D eigenvalue weighted by atomic mass is 16.5. The molecule has 0 amide bonds. The van der Waals surface area contributed by atoms with E-state index in [1.807, 2.05) is 13.0 Å². The van der Waals surface area contributed by atoms with Crippen LogP contribution in [-0.2, 0) is 9.53 Å². The summed E-state index contributed by atoms with van der Waals surface area (Å²) in [6.07, 6.45) is 0.341. The minimum Gasteiger partial charge on any atom is -0.466 e. The molecule has 1 rings (SSSR count). The van der Waals surface area contributed by atoms with Gasteiger partial charge in [-0.1, -0.05) is 13.8 Å². The Morgan fingerprint density at radius 3 is 2.78 bits per heavy atom. The van der Waals surface area contributed by atoms with Crippen LogP contribution in [0.1, 0.15) is 44.6 Å². The first kappa shape index (κ1) is 14.4. The van der Waals surface area contributed by atoms with Crippen LogP contribution in [0.3, 0.4) is 0 Å². The minimum absolute atomic E-state index is 0.195. The Bertz CT molecular complexity index is 405. The summed E-state index contributed by atoms with van der Waals surface area (Å²) in [6.45, 7) is 8.78. The molecule has 0 saturated carbocycles. The number of rotatable bonds is 6. The van der Waals surface area contributed by atoms with Crippen LogP contribution in [0.5, 0.6) is 0 Å². The van der Waals surface area contributed by atoms with E-state index >= 15 is 0 Å². The average Bonchev–Trinajstić information content (AvgIpc) is 2.28. The van der Waals surface area contributed by atoms with Crippen molar-refractivity contribution < 1.29 is 9.53 Å². The largest absolute Gasteiger partial charge is 0.466 e. The molecule has 0 radical (unpaired) electrons. The van der Waals surface area contributed by atoms with Gasteiger partial charge in [-0.05, 0) is 13.8 Å². The normalized spacial score (nSPS) is 10.5. The van der Waals surface area contributed by atoms with Crippen LogP contribution in [0.15, 0.2) is 6.07 Å². The Labute approximate surface area is 108 Å². The van der Waals surface area contributed by atoms with Crippen molar-refractivity contribution in [1.82, 2.24) is 9.97 Å². The fourth-order valence-electron chi connectivity index (χ4n) is 1.47. The smallest absolute Gasteiger partial charge is 0.307 e. The van der Waals surface area contributed by atoms with Gasteiger partial charge in [-0.2, -0.15) is 0 Å². The zero-order valence-electron chi connectivity index (χ0n) is 11.5. The summed E-state index contributed by atoms with van der Waals surface area (Å²) in [4.78, 5) is 19.9. The first-order valence-electron chi connectivity index (χ1n) is 6.28. The Morgan fingerprint density at radius 2 is 2.17 bits per heavy atom. The van der Waals surface area contributed by atoms with Crippen LogP contribution < -0.4 is 5.32 Å². The van der Waals surface area contributed by atoms with Gasteiger partial charge >= 0.3 is 5.97 Å². The van der Waals surface area contributed by atoms with Crippen molar-refractivity contribution in [3.8, 4) is 0 Å². The molecule has 0 fully saturated rings. The zero-order valence-corrected chi connectivity index (χ0v) is 11.5. The maximum absolute atomic E-state index is 11.2. The molecule has 0 spiro atoms. The lowest BCUT2D eigenvalue weighted by molar-refractivity contribution is -0.142. The summed E-state index contributed by atoms with van der Waals surface area (Å²) in [5, 5.41) is 3.12. The summed E-state index contributed by atoms with van der Waals surface area (Å²) in [5.41, 5.74) is 0.923. The van der Waals surface area contributed by atoms with E-state index in [9.17, 15) is 4.79 Å². The second-order valence-corrected chi connectivity index (χ2v) is 4.39. The molecule has 1 N–H and O–H groups in total. The fraction of sp³-hybridized carbons (Fsp3) is 0.615. The van der Waals surface area contributed by atoms with E-state index in [0.717, 1.165) is 17.3 Å². The lowest BCUT2D eigenvalue weighted by Gasteiger charge is -2.10. The molecular weight excluding hydrogens is 230 g/mol. The van der Waals surface area contributed by atoms with Gasteiger partial charge in [0.1, 0.15) is 11.6 Å². The molecule has 1 aromatic heterocycles. The van der Waals surface area contributed by atoms with Gasteiger partial charge in [-0.25, -0.2) is 9.97 Å². The second-order valence-electron chi connectivity index (χ2n) is 4.39. The maximum atomic E-state index is 11.2. The molecule has 0 unspecified atom stereocenters. The van der Waals surface area contributed by atoms with Gasteiger partial charge in [0.15, 0.2) is 0 Å². The second kappa shape index (κ2) is 6.93. The van der Waals surface area contributed by atoms with E-state index in [2.05, 4.69) is 29.1 Å². The molecule has 0 bridgehead atoms. The van der Waals surface area contributed by atoms with E-state index in [0.29, 0.717) is 19.6 Å². The first-order valence-corrected chi connectivity index (χ1v) is 6.28. The highest BCUT2D eigenvalue weighted by Crippen LogP contribution is 2.13. The van der Waals surface area contributed by atoms with Crippen LogP contribution in [-0.4, -0.2) is 29.1 Å². The standard InChI is InChI=1S/C13H21N3O2/c1-5-18-12(17)6-7-14-11-8-10(4)15-13(16-11)9(2)3/h8-9H,5-7H2,1-4H3,(H,14,15,16). The van der Waals surface area contributed by atoms with Crippen LogP contribution >= 0.6 is 0 Å². The number of ether oxygens (including phenoxy) is 1. The zero-order chi connectivity index (χ0) is 13.5. The summed E-state index contributed by atoms with van der Waals surface area (Å²) in [6, 6.07) is 1.87. The molecule has 0 aromatic carbocycles. The molecule has 18 heavy (non-hydrogen) atoms. The molecule has 5 heteroatoms. The average molecular weight is 251 g/mol. The van der Waals surface area contributed by atoms with Crippen LogP contribution in [0.2, 0.25) is 0 Å². The van der Waals surface area contributed by atoms with Crippen molar-refractivity contribution >= 4 is 11.8 Å². The summed E-state index contributed by atoms with van der Waals surface area (Å²) >= 11 is 0. The number of carbonyl (C=O) groups excluding carboxylic acids is 1. The van der Waals surface area contributed by atoms with Crippen molar-refractivity contribution in [2.45, 2.75) is 40.0 Å². The van der Waals surface area contributed by atoms with Gasteiger partial charge in [-0.15, -0.1) is 0 Å². The Kier molecular flexibility index (Phi) is 5.55. The SMILES string of the molecule is CCOC(=O)CCNc1cc(C)nc(C(C)C)n1. The summed E-state index contributed by atoms with van der Waals surface area (Å²) in [5.74, 6) is 1.67. The third-order valence-corrected chi connectivity index (χ3v) is 2.33.